The zero-order valence-electron chi connectivity index (χ0n) is 11.1. The number of carbonyl (C=O) groups is 2. The van der Waals surface area contributed by atoms with Gasteiger partial charge in [-0.3, -0.25) is 14.5 Å². The van der Waals surface area contributed by atoms with Crippen molar-refractivity contribution in [1.82, 2.24) is 10.2 Å². The molecule has 1 N–H and O–H groups in total. The number of rotatable bonds is 3. The fourth-order valence-electron chi connectivity index (χ4n) is 3.07. The summed E-state index contributed by atoms with van der Waals surface area (Å²) >= 11 is 4.88. The SMILES string of the molecule is O=C1CCC2CN(CC(=O)c3ccc(Br)s3)CCC2N1. The average Bonchev–Trinajstić information content (AvgIpc) is 2.86. The first-order valence-corrected chi connectivity index (χ1v) is 8.53. The molecule has 6 heteroatoms. The van der Waals surface area contributed by atoms with Crippen LogP contribution in [0.25, 0.3) is 0 Å². The van der Waals surface area contributed by atoms with Crippen LogP contribution in [0.3, 0.4) is 0 Å². The number of nitrogens with zero attached hydrogens (tertiary/aromatic N) is 1. The molecule has 0 aromatic carbocycles. The Morgan fingerprint density at radius 1 is 1.45 bits per heavy atom. The largest absolute Gasteiger partial charge is 0.353 e. The zero-order chi connectivity index (χ0) is 14.1. The Labute approximate surface area is 130 Å². The minimum atomic E-state index is 0.180. The summed E-state index contributed by atoms with van der Waals surface area (Å²) in [5.74, 6) is 0.877. The van der Waals surface area contributed by atoms with E-state index in [4.69, 9.17) is 0 Å². The van der Waals surface area contributed by atoms with Crippen molar-refractivity contribution in [3.63, 3.8) is 0 Å². The summed E-state index contributed by atoms with van der Waals surface area (Å²) in [5, 5.41) is 3.07. The van der Waals surface area contributed by atoms with Gasteiger partial charge >= 0.3 is 0 Å². The molecule has 108 valence electrons. The van der Waals surface area contributed by atoms with E-state index in [-0.39, 0.29) is 11.7 Å². The highest BCUT2D eigenvalue weighted by molar-refractivity contribution is 9.11. The molecule has 0 saturated carbocycles. The van der Waals surface area contributed by atoms with Crippen LogP contribution in [0.2, 0.25) is 0 Å². The van der Waals surface area contributed by atoms with E-state index < -0.39 is 0 Å². The molecule has 2 saturated heterocycles. The van der Waals surface area contributed by atoms with E-state index in [0.29, 0.717) is 24.9 Å². The highest BCUT2D eigenvalue weighted by Gasteiger charge is 2.34. The highest BCUT2D eigenvalue weighted by Crippen LogP contribution is 2.26. The van der Waals surface area contributed by atoms with Crippen LogP contribution in [-0.4, -0.2) is 42.3 Å². The number of nitrogens with one attached hydrogen (secondary N) is 1. The van der Waals surface area contributed by atoms with Crippen molar-refractivity contribution < 1.29 is 9.59 Å². The maximum absolute atomic E-state index is 12.2. The molecule has 1 aromatic rings. The lowest BCUT2D eigenvalue weighted by atomic mass is 9.85. The molecule has 0 aliphatic carbocycles. The molecular weight excluding hydrogens is 340 g/mol. The lowest BCUT2D eigenvalue weighted by Gasteiger charge is -2.41. The molecule has 0 bridgehead atoms. The molecular formula is C14H17BrN2O2S. The average molecular weight is 357 g/mol. The van der Waals surface area contributed by atoms with Crippen molar-refractivity contribution in [2.45, 2.75) is 25.3 Å². The molecule has 3 heterocycles. The molecule has 20 heavy (non-hydrogen) atoms. The molecule has 2 atom stereocenters. The van der Waals surface area contributed by atoms with Crippen LogP contribution in [0.15, 0.2) is 15.9 Å². The molecule has 1 amide bonds. The Morgan fingerprint density at radius 2 is 2.30 bits per heavy atom. The van der Waals surface area contributed by atoms with Crippen molar-refractivity contribution >= 4 is 39.0 Å². The number of hydrogen-bond donors (Lipinski definition) is 1. The van der Waals surface area contributed by atoms with E-state index in [1.165, 1.54) is 11.3 Å². The number of thiophene rings is 1. The van der Waals surface area contributed by atoms with Gasteiger partial charge in [0, 0.05) is 25.6 Å². The lowest BCUT2D eigenvalue weighted by Crippen LogP contribution is -2.54. The maximum atomic E-state index is 12.2. The second kappa shape index (κ2) is 5.95. The van der Waals surface area contributed by atoms with E-state index in [0.717, 1.165) is 34.6 Å². The Hall–Kier alpha value is -0.720. The second-order valence-electron chi connectivity index (χ2n) is 5.52. The highest BCUT2D eigenvalue weighted by atomic mass is 79.9. The van der Waals surface area contributed by atoms with Gasteiger partial charge in [-0.2, -0.15) is 0 Å². The number of Topliss-reactive ketones (excluding diaryl/α,β-unsaturated/α-hetero) is 1. The Kier molecular flexibility index (Phi) is 4.23. The zero-order valence-corrected chi connectivity index (χ0v) is 13.5. The van der Waals surface area contributed by atoms with E-state index in [1.54, 1.807) is 0 Å². The van der Waals surface area contributed by atoms with Gasteiger partial charge in [-0.05, 0) is 46.8 Å². The third-order valence-electron chi connectivity index (χ3n) is 4.12. The van der Waals surface area contributed by atoms with Crippen LogP contribution in [-0.2, 0) is 4.79 Å². The van der Waals surface area contributed by atoms with Crippen LogP contribution >= 0.6 is 27.3 Å². The first-order valence-electron chi connectivity index (χ1n) is 6.92. The predicted octanol–water partition coefficient (Wildman–Crippen LogP) is 2.29. The Balaban J connectivity index is 1.57. The third-order valence-corrected chi connectivity index (χ3v) is 5.79. The van der Waals surface area contributed by atoms with Crippen LogP contribution in [0.5, 0.6) is 0 Å². The topological polar surface area (TPSA) is 49.4 Å². The smallest absolute Gasteiger partial charge is 0.220 e. The quantitative estimate of drug-likeness (QED) is 0.845. The van der Waals surface area contributed by atoms with Crippen LogP contribution < -0.4 is 5.32 Å². The number of piperidine rings is 2. The number of hydrogen-bond acceptors (Lipinski definition) is 4. The summed E-state index contributed by atoms with van der Waals surface area (Å²) in [7, 11) is 0. The maximum Gasteiger partial charge on any atom is 0.220 e. The molecule has 2 fully saturated rings. The van der Waals surface area contributed by atoms with Crippen LogP contribution in [0, 0.1) is 5.92 Å². The van der Waals surface area contributed by atoms with E-state index in [1.807, 2.05) is 12.1 Å². The molecule has 1 aromatic heterocycles. The van der Waals surface area contributed by atoms with Gasteiger partial charge in [0.1, 0.15) is 0 Å². The molecule has 3 rings (SSSR count). The summed E-state index contributed by atoms with van der Waals surface area (Å²) in [6, 6.07) is 4.12. The monoisotopic (exact) mass is 356 g/mol. The summed E-state index contributed by atoms with van der Waals surface area (Å²) < 4.78 is 0.995. The van der Waals surface area contributed by atoms with Gasteiger partial charge in [0.05, 0.1) is 15.2 Å². The number of likely N-dealkylation sites (tertiary alicyclic amines) is 1. The summed E-state index contributed by atoms with van der Waals surface area (Å²) in [5.41, 5.74) is 0. The molecule has 2 unspecified atom stereocenters. The number of ketones is 1. The van der Waals surface area contributed by atoms with Crippen molar-refractivity contribution in [3.8, 4) is 0 Å². The number of fused-ring (bicyclic) bond motifs is 1. The molecule has 0 spiro atoms. The van der Waals surface area contributed by atoms with Gasteiger partial charge in [-0.15, -0.1) is 11.3 Å². The molecule has 2 aliphatic heterocycles. The second-order valence-corrected chi connectivity index (χ2v) is 7.99. The van der Waals surface area contributed by atoms with Gasteiger partial charge in [0.25, 0.3) is 0 Å². The van der Waals surface area contributed by atoms with Gasteiger partial charge in [0.2, 0.25) is 5.91 Å². The molecule has 2 aliphatic rings. The van der Waals surface area contributed by atoms with Crippen molar-refractivity contribution in [3.05, 3.63) is 20.8 Å². The number of amides is 1. The van der Waals surface area contributed by atoms with Crippen molar-refractivity contribution in [2.24, 2.45) is 5.92 Å². The van der Waals surface area contributed by atoms with Gasteiger partial charge < -0.3 is 5.32 Å². The summed E-state index contributed by atoms with van der Waals surface area (Å²) in [6.07, 6.45) is 2.53. The minimum Gasteiger partial charge on any atom is -0.353 e. The van der Waals surface area contributed by atoms with Gasteiger partial charge in [-0.25, -0.2) is 0 Å². The lowest BCUT2D eigenvalue weighted by molar-refractivity contribution is -0.125. The normalized spacial score (nSPS) is 26.9. The van der Waals surface area contributed by atoms with Crippen molar-refractivity contribution in [2.75, 3.05) is 19.6 Å². The summed E-state index contributed by atoms with van der Waals surface area (Å²) in [4.78, 5) is 26.6. The van der Waals surface area contributed by atoms with E-state index in [2.05, 4.69) is 26.1 Å². The van der Waals surface area contributed by atoms with Crippen LogP contribution in [0.1, 0.15) is 28.9 Å². The first kappa shape index (κ1) is 14.2. The molecule has 0 radical (unpaired) electrons. The molecule has 4 nitrogen and oxygen atoms in total. The number of carbonyl (C=O) groups excluding carboxylic acids is 2. The summed E-state index contributed by atoms with van der Waals surface area (Å²) in [6.45, 7) is 2.30. The fraction of sp³-hybridized carbons (Fsp3) is 0.571. The first-order chi connectivity index (χ1) is 9.61. The van der Waals surface area contributed by atoms with E-state index in [9.17, 15) is 9.59 Å². The van der Waals surface area contributed by atoms with E-state index >= 15 is 0 Å². The predicted molar refractivity (Wildman–Crippen MR) is 82.1 cm³/mol. The van der Waals surface area contributed by atoms with Crippen molar-refractivity contribution in [1.29, 1.82) is 0 Å². The Morgan fingerprint density at radius 3 is 3.05 bits per heavy atom. The third kappa shape index (κ3) is 3.13. The van der Waals surface area contributed by atoms with Gasteiger partial charge in [0.15, 0.2) is 5.78 Å². The minimum absolute atomic E-state index is 0.180. The van der Waals surface area contributed by atoms with Gasteiger partial charge in [-0.1, -0.05) is 0 Å². The Bertz CT molecular complexity index is 531. The van der Waals surface area contributed by atoms with Crippen LogP contribution in [0.4, 0.5) is 0 Å². The number of halogens is 1. The standard InChI is InChI=1S/C14H17BrN2O2S/c15-13-3-2-12(20-13)11(18)8-17-6-5-10-9(7-17)1-4-14(19)16-10/h2-3,9-10H,1,4-8H2,(H,16,19). The fourth-order valence-corrected chi connectivity index (χ4v) is 4.39.